The van der Waals surface area contributed by atoms with Gasteiger partial charge in [-0.25, -0.2) is 0 Å². The maximum Gasteiger partial charge on any atom is 0.305 e. The highest BCUT2D eigenvalue weighted by Crippen LogP contribution is 2.30. The van der Waals surface area contributed by atoms with Crippen molar-refractivity contribution in [3.05, 3.63) is 48.0 Å². The van der Waals surface area contributed by atoms with Crippen LogP contribution in [0.3, 0.4) is 0 Å². The smallest absolute Gasteiger partial charge is 0.305 e. The number of para-hydroxylation sites is 1. The van der Waals surface area contributed by atoms with Gasteiger partial charge in [0.2, 0.25) is 0 Å². The van der Waals surface area contributed by atoms with Crippen LogP contribution in [0.5, 0.6) is 0 Å². The molecule has 3 aromatic rings. The van der Waals surface area contributed by atoms with E-state index < -0.39 is 0 Å². The van der Waals surface area contributed by atoms with Gasteiger partial charge >= 0.3 is 5.97 Å². The van der Waals surface area contributed by atoms with Gasteiger partial charge in [0.15, 0.2) is 0 Å². The summed E-state index contributed by atoms with van der Waals surface area (Å²) < 4.78 is 6.99. The second kappa shape index (κ2) is 8.05. The molecule has 0 atom stereocenters. The van der Waals surface area contributed by atoms with Gasteiger partial charge in [-0.1, -0.05) is 18.2 Å². The topological polar surface area (TPSA) is 51.5 Å². The van der Waals surface area contributed by atoms with Crippen LogP contribution in [0.15, 0.2) is 42.5 Å². The van der Waals surface area contributed by atoms with Gasteiger partial charge in [0.25, 0.3) is 5.91 Å². The maximum atomic E-state index is 12.9. The number of aromatic nitrogens is 1. The Balaban J connectivity index is 1.69. The Kier molecular flexibility index (Phi) is 5.33. The van der Waals surface area contributed by atoms with Crippen molar-refractivity contribution in [2.45, 2.75) is 38.6 Å². The molecule has 0 saturated carbocycles. The summed E-state index contributed by atoms with van der Waals surface area (Å²) in [5.74, 6) is -0.0562. The molecule has 2 aromatic carbocycles. The number of fused-ring (bicyclic) bond motifs is 3. The molecule has 0 bridgehead atoms. The summed E-state index contributed by atoms with van der Waals surface area (Å²) >= 11 is 0. The minimum atomic E-state index is -0.185. The Hall–Kier alpha value is -2.82. The number of benzene rings is 2. The quantitative estimate of drug-likeness (QED) is 0.619. The summed E-state index contributed by atoms with van der Waals surface area (Å²) in [6, 6.07) is 14.3. The second-order valence-electron chi connectivity index (χ2n) is 7.43. The van der Waals surface area contributed by atoms with Gasteiger partial charge in [-0.3, -0.25) is 9.59 Å². The van der Waals surface area contributed by atoms with Crippen LogP contribution in [0.25, 0.3) is 21.8 Å². The summed E-state index contributed by atoms with van der Waals surface area (Å²) in [4.78, 5) is 26.4. The molecule has 146 valence electrons. The molecule has 5 heteroatoms. The SMILES string of the molecule is COC(=O)CCCn1c2ccccc2c2cc(C(=O)N3CCCCC3)ccc21. The molecule has 1 saturated heterocycles. The van der Waals surface area contributed by atoms with Gasteiger partial charge in [-0.15, -0.1) is 0 Å². The highest BCUT2D eigenvalue weighted by Gasteiger charge is 2.20. The largest absolute Gasteiger partial charge is 0.469 e. The molecular formula is C23H26N2O3. The predicted molar refractivity (Wildman–Crippen MR) is 110 cm³/mol. The van der Waals surface area contributed by atoms with Crippen LogP contribution < -0.4 is 0 Å². The third-order valence-corrected chi connectivity index (χ3v) is 5.65. The first-order chi connectivity index (χ1) is 13.7. The van der Waals surface area contributed by atoms with E-state index in [4.69, 9.17) is 4.74 Å². The molecule has 2 heterocycles. The van der Waals surface area contributed by atoms with Crippen LogP contribution in [0.4, 0.5) is 0 Å². The lowest BCUT2D eigenvalue weighted by atomic mass is 10.1. The van der Waals surface area contributed by atoms with Crippen LogP contribution in [0, 0.1) is 0 Å². The predicted octanol–water partition coefficient (Wildman–Crippen LogP) is 4.37. The summed E-state index contributed by atoms with van der Waals surface area (Å²) in [6.45, 7) is 2.44. The number of ether oxygens (including phenoxy) is 1. The average molecular weight is 378 g/mol. The second-order valence-corrected chi connectivity index (χ2v) is 7.43. The van der Waals surface area contributed by atoms with E-state index >= 15 is 0 Å². The number of methoxy groups -OCH3 is 1. The maximum absolute atomic E-state index is 12.9. The lowest BCUT2D eigenvalue weighted by Crippen LogP contribution is -2.35. The molecule has 0 radical (unpaired) electrons. The standard InChI is InChI=1S/C23H26N2O3/c1-28-22(26)10-7-15-25-20-9-4-3-8-18(20)19-16-17(11-12-21(19)25)23(27)24-13-5-2-6-14-24/h3-4,8-9,11-12,16H,2,5-7,10,13-15H2,1H3. The normalized spacial score (nSPS) is 14.5. The molecule has 4 rings (SSSR count). The third kappa shape index (κ3) is 3.49. The number of hydrogen-bond acceptors (Lipinski definition) is 3. The van der Waals surface area contributed by atoms with E-state index in [2.05, 4.69) is 16.7 Å². The van der Waals surface area contributed by atoms with E-state index in [9.17, 15) is 9.59 Å². The minimum absolute atomic E-state index is 0.129. The molecule has 1 aromatic heterocycles. The van der Waals surface area contributed by atoms with E-state index in [0.717, 1.165) is 66.3 Å². The minimum Gasteiger partial charge on any atom is -0.469 e. The van der Waals surface area contributed by atoms with Gasteiger partial charge in [0.05, 0.1) is 7.11 Å². The highest BCUT2D eigenvalue weighted by atomic mass is 16.5. The molecule has 0 spiro atoms. The number of likely N-dealkylation sites (tertiary alicyclic amines) is 1. The molecule has 28 heavy (non-hydrogen) atoms. The summed E-state index contributed by atoms with van der Waals surface area (Å²) in [6.07, 6.45) is 4.51. The molecule has 0 aliphatic carbocycles. The van der Waals surface area contributed by atoms with Crippen LogP contribution in [-0.2, 0) is 16.1 Å². The van der Waals surface area contributed by atoms with Crippen LogP contribution in [0.1, 0.15) is 42.5 Å². The molecule has 1 fully saturated rings. The number of hydrogen-bond donors (Lipinski definition) is 0. The van der Waals surface area contributed by atoms with E-state index in [1.54, 1.807) is 0 Å². The average Bonchev–Trinajstić information content (AvgIpc) is 3.07. The van der Waals surface area contributed by atoms with Crippen molar-refractivity contribution in [1.29, 1.82) is 0 Å². The molecule has 0 unspecified atom stereocenters. The first-order valence-electron chi connectivity index (χ1n) is 10.1. The molecule has 1 aliphatic rings. The van der Waals surface area contributed by atoms with Gasteiger partial charge in [0.1, 0.15) is 0 Å². The zero-order chi connectivity index (χ0) is 19.5. The number of piperidine rings is 1. The Morgan fingerprint density at radius 3 is 2.50 bits per heavy atom. The van der Waals surface area contributed by atoms with Crippen molar-refractivity contribution in [2.24, 2.45) is 0 Å². The van der Waals surface area contributed by atoms with Crippen LogP contribution in [0.2, 0.25) is 0 Å². The van der Waals surface area contributed by atoms with E-state index in [1.807, 2.05) is 35.2 Å². The van der Waals surface area contributed by atoms with Crippen LogP contribution >= 0.6 is 0 Å². The van der Waals surface area contributed by atoms with Gasteiger partial charge < -0.3 is 14.2 Å². The third-order valence-electron chi connectivity index (χ3n) is 5.65. The molecule has 1 amide bonds. The molecule has 0 N–H and O–H groups in total. The van der Waals surface area contributed by atoms with Crippen molar-refractivity contribution in [3.8, 4) is 0 Å². The van der Waals surface area contributed by atoms with Crippen molar-refractivity contribution in [1.82, 2.24) is 9.47 Å². The number of rotatable bonds is 5. The van der Waals surface area contributed by atoms with Gasteiger partial charge in [-0.2, -0.15) is 0 Å². The molecule has 1 aliphatic heterocycles. The summed E-state index contributed by atoms with van der Waals surface area (Å²) in [5, 5.41) is 2.24. The number of carbonyl (C=O) groups is 2. The van der Waals surface area contributed by atoms with Crippen molar-refractivity contribution >= 4 is 33.7 Å². The lowest BCUT2D eigenvalue weighted by Gasteiger charge is -2.26. The van der Waals surface area contributed by atoms with Gasteiger partial charge in [0, 0.05) is 53.4 Å². The van der Waals surface area contributed by atoms with Gasteiger partial charge in [-0.05, 0) is 49.9 Å². The lowest BCUT2D eigenvalue weighted by molar-refractivity contribution is -0.140. The molecular weight excluding hydrogens is 352 g/mol. The van der Waals surface area contributed by atoms with Crippen LogP contribution in [-0.4, -0.2) is 41.5 Å². The fourth-order valence-corrected chi connectivity index (χ4v) is 4.19. The van der Waals surface area contributed by atoms with E-state index in [-0.39, 0.29) is 11.9 Å². The Morgan fingerprint density at radius 2 is 1.71 bits per heavy atom. The number of carbonyl (C=O) groups excluding carboxylic acids is 2. The Labute approximate surface area is 164 Å². The fraction of sp³-hybridized carbons (Fsp3) is 0.391. The first kappa shape index (κ1) is 18.5. The number of aryl methyl sites for hydroxylation is 1. The molecule has 5 nitrogen and oxygen atoms in total. The summed E-state index contributed by atoms with van der Waals surface area (Å²) in [5.41, 5.74) is 2.98. The van der Waals surface area contributed by atoms with Crippen molar-refractivity contribution in [2.75, 3.05) is 20.2 Å². The van der Waals surface area contributed by atoms with Crippen molar-refractivity contribution in [3.63, 3.8) is 0 Å². The fourth-order valence-electron chi connectivity index (χ4n) is 4.19. The zero-order valence-electron chi connectivity index (χ0n) is 16.3. The summed E-state index contributed by atoms with van der Waals surface area (Å²) in [7, 11) is 1.42. The number of nitrogens with zero attached hydrogens (tertiary/aromatic N) is 2. The van der Waals surface area contributed by atoms with E-state index in [0.29, 0.717) is 6.42 Å². The Morgan fingerprint density at radius 1 is 0.964 bits per heavy atom. The Bertz CT molecular complexity index is 1020. The number of esters is 1. The zero-order valence-corrected chi connectivity index (χ0v) is 16.3. The number of amides is 1. The highest BCUT2D eigenvalue weighted by molar-refractivity contribution is 6.10. The monoisotopic (exact) mass is 378 g/mol. The van der Waals surface area contributed by atoms with Crippen molar-refractivity contribution < 1.29 is 14.3 Å². The van der Waals surface area contributed by atoms with E-state index in [1.165, 1.54) is 13.5 Å². The first-order valence-corrected chi connectivity index (χ1v) is 10.1.